The highest BCUT2D eigenvalue weighted by Crippen LogP contribution is 2.39. The fourth-order valence-corrected chi connectivity index (χ4v) is 5.07. The van der Waals surface area contributed by atoms with E-state index in [1.807, 2.05) is 0 Å². The van der Waals surface area contributed by atoms with Gasteiger partial charge in [-0.05, 0) is 73.4 Å². The van der Waals surface area contributed by atoms with Crippen LogP contribution in [0.4, 0.5) is 16.4 Å². The summed E-state index contributed by atoms with van der Waals surface area (Å²) in [6, 6.07) is 13.9. The van der Waals surface area contributed by atoms with Crippen LogP contribution in [-0.2, 0) is 22.4 Å². The van der Waals surface area contributed by atoms with Crippen LogP contribution in [0.1, 0.15) is 37.6 Å². The molecule has 0 spiro atoms. The van der Waals surface area contributed by atoms with Gasteiger partial charge in [-0.25, -0.2) is 4.79 Å². The monoisotopic (exact) mass is 479 g/mol. The first-order chi connectivity index (χ1) is 16.5. The molecule has 3 aromatic rings. The molecule has 1 heterocycles. The fraction of sp³-hybridized carbons (Fsp3) is 0.240. The van der Waals surface area contributed by atoms with Crippen LogP contribution < -0.4 is 20.7 Å². The Balaban J connectivity index is 1.32. The summed E-state index contributed by atoms with van der Waals surface area (Å²) >= 11 is 1.44. The molecule has 0 bridgehead atoms. The number of methoxy groups -OCH3 is 2. The second-order valence-corrected chi connectivity index (χ2v) is 8.82. The summed E-state index contributed by atoms with van der Waals surface area (Å²) in [6.45, 7) is 0.0145. The molecule has 1 aliphatic carbocycles. The fourth-order valence-electron chi connectivity index (χ4n) is 3.78. The van der Waals surface area contributed by atoms with Crippen LogP contribution >= 0.6 is 11.3 Å². The number of anilines is 3. The number of esters is 1. The van der Waals surface area contributed by atoms with Crippen molar-refractivity contribution in [1.82, 2.24) is 0 Å². The molecule has 34 heavy (non-hydrogen) atoms. The van der Waals surface area contributed by atoms with Crippen molar-refractivity contribution in [1.29, 1.82) is 0 Å². The van der Waals surface area contributed by atoms with Gasteiger partial charge in [-0.1, -0.05) is 0 Å². The summed E-state index contributed by atoms with van der Waals surface area (Å²) in [6.07, 6.45) is 2.74. The first-order valence-electron chi connectivity index (χ1n) is 10.8. The number of thiophene rings is 1. The smallest absolute Gasteiger partial charge is 0.341 e. The lowest BCUT2D eigenvalue weighted by Crippen LogP contribution is -2.22. The number of rotatable bonds is 8. The molecule has 2 aromatic carbocycles. The number of carbonyl (C=O) groups excluding carboxylic acids is 3. The molecule has 176 valence electrons. The minimum atomic E-state index is -0.425. The molecule has 2 amide bonds. The number of benzene rings is 2. The van der Waals surface area contributed by atoms with Crippen LogP contribution in [0.5, 0.6) is 5.75 Å². The summed E-state index contributed by atoms with van der Waals surface area (Å²) in [5, 5.41) is 9.23. The lowest BCUT2D eigenvalue weighted by Gasteiger charge is -2.10. The average Bonchev–Trinajstić information content (AvgIpc) is 3.44. The maximum atomic E-state index is 12.5. The van der Waals surface area contributed by atoms with Gasteiger partial charge in [0.2, 0.25) is 5.91 Å². The number of amides is 2. The van der Waals surface area contributed by atoms with Crippen LogP contribution in [0.15, 0.2) is 48.5 Å². The van der Waals surface area contributed by atoms with E-state index < -0.39 is 5.97 Å². The van der Waals surface area contributed by atoms with Crippen molar-refractivity contribution < 1.29 is 23.9 Å². The Kier molecular flexibility index (Phi) is 7.12. The Labute approximate surface area is 201 Å². The molecule has 1 aliphatic rings. The van der Waals surface area contributed by atoms with E-state index >= 15 is 0 Å². The molecular formula is C25H25N3O5S. The lowest BCUT2D eigenvalue weighted by molar-refractivity contribution is -0.114. The predicted octanol–water partition coefficient (Wildman–Crippen LogP) is 4.33. The summed E-state index contributed by atoms with van der Waals surface area (Å²) in [5.74, 6) is -0.227. The van der Waals surface area contributed by atoms with Gasteiger partial charge >= 0.3 is 5.97 Å². The summed E-state index contributed by atoms with van der Waals surface area (Å²) in [7, 11) is 2.93. The third-order valence-corrected chi connectivity index (χ3v) is 6.72. The molecule has 0 aliphatic heterocycles. The van der Waals surface area contributed by atoms with Gasteiger partial charge in [0.05, 0.1) is 26.3 Å². The normalized spacial score (nSPS) is 11.9. The number of fused-ring (bicyclic) bond motifs is 1. The first kappa shape index (κ1) is 23.3. The van der Waals surface area contributed by atoms with Crippen molar-refractivity contribution in [3.05, 3.63) is 70.1 Å². The molecule has 4 rings (SSSR count). The number of aryl methyl sites for hydroxylation is 1. The van der Waals surface area contributed by atoms with E-state index in [4.69, 9.17) is 9.47 Å². The number of carbonyl (C=O) groups is 3. The second kappa shape index (κ2) is 10.4. The zero-order valence-electron chi connectivity index (χ0n) is 18.9. The Morgan fingerprint density at radius 2 is 1.62 bits per heavy atom. The van der Waals surface area contributed by atoms with Gasteiger partial charge in [0.25, 0.3) is 5.91 Å². The largest absolute Gasteiger partial charge is 0.497 e. The van der Waals surface area contributed by atoms with E-state index in [2.05, 4.69) is 16.0 Å². The van der Waals surface area contributed by atoms with E-state index in [9.17, 15) is 14.4 Å². The van der Waals surface area contributed by atoms with E-state index in [1.54, 1.807) is 55.6 Å². The van der Waals surface area contributed by atoms with Gasteiger partial charge in [-0.3, -0.25) is 9.59 Å². The number of hydrogen-bond acceptors (Lipinski definition) is 7. The zero-order valence-corrected chi connectivity index (χ0v) is 19.7. The minimum Gasteiger partial charge on any atom is -0.497 e. The minimum absolute atomic E-state index is 0.0145. The van der Waals surface area contributed by atoms with Crippen molar-refractivity contribution >= 4 is 45.5 Å². The van der Waals surface area contributed by atoms with Crippen molar-refractivity contribution in [2.24, 2.45) is 0 Å². The molecule has 9 heteroatoms. The summed E-state index contributed by atoms with van der Waals surface area (Å²) in [5.41, 5.74) is 3.30. The summed E-state index contributed by atoms with van der Waals surface area (Å²) in [4.78, 5) is 38.3. The SMILES string of the molecule is COC(=O)c1c(NC(=O)CNc2ccc(C(=O)Nc3ccc(OC)cc3)cc2)sc2c1CCC2. The van der Waals surface area contributed by atoms with E-state index in [-0.39, 0.29) is 18.4 Å². The Morgan fingerprint density at radius 1 is 0.912 bits per heavy atom. The van der Waals surface area contributed by atoms with Crippen LogP contribution in [0, 0.1) is 0 Å². The van der Waals surface area contributed by atoms with Gasteiger partial charge in [-0.2, -0.15) is 0 Å². The molecule has 8 nitrogen and oxygen atoms in total. The van der Waals surface area contributed by atoms with Gasteiger partial charge < -0.3 is 25.4 Å². The molecule has 3 N–H and O–H groups in total. The maximum absolute atomic E-state index is 12.5. The standard InChI is InChI=1S/C25H25N3O5S/c1-32-18-12-10-17(11-13-18)27-23(30)15-6-8-16(9-7-15)26-14-21(29)28-24-22(25(31)33-2)19-4-3-5-20(19)34-24/h6-13,26H,3-5,14H2,1-2H3,(H,27,30)(H,28,29). The third-order valence-electron chi connectivity index (χ3n) is 5.51. The van der Waals surface area contributed by atoms with Gasteiger partial charge in [0.1, 0.15) is 10.8 Å². The van der Waals surface area contributed by atoms with Gasteiger partial charge in [-0.15, -0.1) is 11.3 Å². The van der Waals surface area contributed by atoms with Crippen LogP contribution in [0.2, 0.25) is 0 Å². The summed E-state index contributed by atoms with van der Waals surface area (Å²) < 4.78 is 10.0. The number of ether oxygens (including phenoxy) is 2. The van der Waals surface area contributed by atoms with E-state index in [0.717, 1.165) is 29.7 Å². The van der Waals surface area contributed by atoms with E-state index in [0.29, 0.717) is 33.3 Å². The van der Waals surface area contributed by atoms with Gasteiger partial charge in [0, 0.05) is 21.8 Å². The number of nitrogens with one attached hydrogen (secondary N) is 3. The molecule has 0 saturated carbocycles. The Morgan fingerprint density at radius 3 is 2.29 bits per heavy atom. The Hall–Kier alpha value is -3.85. The highest BCUT2D eigenvalue weighted by molar-refractivity contribution is 7.17. The lowest BCUT2D eigenvalue weighted by atomic mass is 10.1. The average molecular weight is 480 g/mol. The highest BCUT2D eigenvalue weighted by Gasteiger charge is 2.27. The first-order valence-corrected chi connectivity index (χ1v) is 11.6. The number of hydrogen-bond donors (Lipinski definition) is 3. The Bertz CT molecular complexity index is 1200. The van der Waals surface area contributed by atoms with Crippen LogP contribution in [0.3, 0.4) is 0 Å². The van der Waals surface area contributed by atoms with Crippen LogP contribution in [-0.4, -0.2) is 38.5 Å². The third kappa shape index (κ3) is 5.20. The second-order valence-electron chi connectivity index (χ2n) is 7.71. The maximum Gasteiger partial charge on any atom is 0.341 e. The van der Waals surface area contributed by atoms with E-state index in [1.165, 1.54) is 18.4 Å². The van der Waals surface area contributed by atoms with Crippen molar-refractivity contribution in [2.75, 3.05) is 36.7 Å². The molecule has 0 radical (unpaired) electrons. The highest BCUT2D eigenvalue weighted by atomic mass is 32.1. The molecular weight excluding hydrogens is 454 g/mol. The molecule has 0 saturated heterocycles. The topological polar surface area (TPSA) is 106 Å². The van der Waals surface area contributed by atoms with Crippen molar-refractivity contribution in [2.45, 2.75) is 19.3 Å². The zero-order chi connectivity index (χ0) is 24.1. The quantitative estimate of drug-likeness (QED) is 0.415. The van der Waals surface area contributed by atoms with Crippen molar-refractivity contribution in [3.63, 3.8) is 0 Å². The van der Waals surface area contributed by atoms with Gasteiger partial charge in [0.15, 0.2) is 0 Å². The molecule has 0 atom stereocenters. The van der Waals surface area contributed by atoms with Crippen molar-refractivity contribution in [3.8, 4) is 5.75 Å². The molecule has 1 aromatic heterocycles. The molecule has 0 unspecified atom stereocenters. The predicted molar refractivity (Wildman–Crippen MR) is 132 cm³/mol. The molecule has 0 fully saturated rings. The van der Waals surface area contributed by atoms with Crippen LogP contribution in [0.25, 0.3) is 0 Å².